The van der Waals surface area contributed by atoms with Crippen LogP contribution < -0.4 is 0 Å². The van der Waals surface area contributed by atoms with Crippen molar-refractivity contribution in [3.63, 3.8) is 0 Å². The van der Waals surface area contributed by atoms with Crippen LogP contribution in [-0.2, 0) is 37.9 Å². The van der Waals surface area contributed by atoms with Crippen LogP contribution in [0.1, 0.15) is 102 Å². The van der Waals surface area contributed by atoms with Gasteiger partial charge in [0.25, 0.3) is 0 Å². The Morgan fingerprint density at radius 3 is 1.74 bits per heavy atom. The highest BCUT2D eigenvalue weighted by molar-refractivity contribution is 5.11. The fourth-order valence-corrected chi connectivity index (χ4v) is 7.60. The highest BCUT2D eigenvalue weighted by atomic mass is 16.7. The van der Waals surface area contributed by atoms with Crippen molar-refractivity contribution in [3.05, 3.63) is 0 Å². The molecule has 0 saturated carbocycles. The third-order valence-corrected chi connectivity index (χ3v) is 10.6. The fraction of sp³-hybridized carbons (Fsp3) is 1.00. The minimum Gasteiger partial charge on any atom is -0.355 e. The van der Waals surface area contributed by atoms with Crippen LogP contribution in [0.15, 0.2) is 0 Å². The predicted molar refractivity (Wildman–Crippen MR) is 143 cm³/mol. The van der Waals surface area contributed by atoms with Crippen molar-refractivity contribution in [2.24, 2.45) is 16.7 Å². The van der Waals surface area contributed by atoms with Gasteiger partial charge in [0.05, 0.1) is 53.7 Å². The first kappa shape index (κ1) is 30.6. The average Bonchev–Trinajstić information content (AvgIpc) is 2.76. The molecule has 4 heterocycles. The molecule has 5 atom stereocenters. The van der Waals surface area contributed by atoms with Gasteiger partial charge in [0.2, 0.25) is 0 Å². The summed E-state index contributed by atoms with van der Waals surface area (Å²) in [6.07, 6.45) is 2.19. The van der Waals surface area contributed by atoms with E-state index in [1.165, 1.54) is 0 Å². The van der Waals surface area contributed by atoms with E-state index in [-0.39, 0.29) is 40.8 Å². The molecule has 0 bridgehead atoms. The molecule has 38 heavy (non-hydrogen) atoms. The lowest BCUT2D eigenvalue weighted by molar-refractivity contribution is -0.418. The van der Waals surface area contributed by atoms with Gasteiger partial charge in [-0.25, -0.2) is 0 Å². The van der Waals surface area contributed by atoms with E-state index in [1.54, 1.807) is 0 Å². The van der Waals surface area contributed by atoms with Gasteiger partial charge in [0.15, 0.2) is 11.6 Å². The molecule has 0 amide bonds. The Morgan fingerprint density at radius 2 is 1.13 bits per heavy atom. The van der Waals surface area contributed by atoms with E-state index < -0.39 is 22.8 Å². The van der Waals surface area contributed by atoms with Crippen molar-refractivity contribution in [2.45, 2.75) is 142 Å². The van der Waals surface area contributed by atoms with Crippen molar-refractivity contribution in [1.82, 2.24) is 0 Å². The molecule has 4 fully saturated rings. The molecule has 1 spiro atoms. The maximum atomic E-state index is 6.85. The van der Waals surface area contributed by atoms with E-state index in [0.29, 0.717) is 33.0 Å². The molecule has 5 unspecified atom stereocenters. The normalized spacial score (nSPS) is 43.6. The SMILES string of the molecule is CC1C(C)(C)OC(C)(C)OC1(C)CCC1(C)OC(C)(C)OC(C)(CC2OCOCC23COCOC3)C1(C)C. The molecule has 4 saturated heterocycles. The highest BCUT2D eigenvalue weighted by Gasteiger charge is 2.64. The summed E-state index contributed by atoms with van der Waals surface area (Å²) in [7, 11) is 0. The quantitative estimate of drug-likeness (QED) is 0.431. The molecule has 8 nitrogen and oxygen atoms in total. The molecule has 222 valence electrons. The minimum atomic E-state index is -0.779. The van der Waals surface area contributed by atoms with Crippen LogP contribution in [0.5, 0.6) is 0 Å². The molecule has 0 aliphatic carbocycles. The van der Waals surface area contributed by atoms with Crippen LogP contribution in [0.25, 0.3) is 0 Å². The van der Waals surface area contributed by atoms with Gasteiger partial charge < -0.3 is 37.9 Å². The van der Waals surface area contributed by atoms with Gasteiger partial charge in [-0.2, -0.15) is 0 Å². The monoisotopic (exact) mass is 542 g/mol. The van der Waals surface area contributed by atoms with Gasteiger partial charge in [0.1, 0.15) is 13.6 Å². The summed E-state index contributed by atoms with van der Waals surface area (Å²) < 4.78 is 50.1. The Kier molecular flexibility index (Phi) is 7.75. The molecule has 0 aromatic heterocycles. The van der Waals surface area contributed by atoms with E-state index in [1.807, 2.05) is 27.7 Å². The Labute approximate surface area is 230 Å². The zero-order valence-electron chi connectivity index (χ0n) is 26.1. The third kappa shape index (κ3) is 5.34. The van der Waals surface area contributed by atoms with Crippen LogP contribution in [0, 0.1) is 16.7 Å². The molecule has 0 aromatic rings. The Balaban J connectivity index is 1.61. The van der Waals surface area contributed by atoms with Gasteiger partial charge in [0, 0.05) is 17.8 Å². The summed E-state index contributed by atoms with van der Waals surface area (Å²) in [4.78, 5) is 0. The first-order chi connectivity index (χ1) is 17.2. The fourth-order valence-electron chi connectivity index (χ4n) is 7.60. The van der Waals surface area contributed by atoms with Crippen LogP contribution in [0.3, 0.4) is 0 Å². The van der Waals surface area contributed by atoms with Crippen LogP contribution in [-0.4, -0.2) is 73.5 Å². The molecule has 8 heteroatoms. The second kappa shape index (κ2) is 9.62. The first-order valence-corrected chi connectivity index (χ1v) is 14.4. The topological polar surface area (TPSA) is 73.8 Å². The lowest BCUT2D eigenvalue weighted by Gasteiger charge is -2.64. The number of hydrogen-bond donors (Lipinski definition) is 0. The summed E-state index contributed by atoms with van der Waals surface area (Å²) in [6.45, 7) is 28.1. The van der Waals surface area contributed by atoms with E-state index in [9.17, 15) is 0 Å². The number of hydrogen-bond acceptors (Lipinski definition) is 8. The van der Waals surface area contributed by atoms with Crippen molar-refractivity contribution >= 4 is 0 Å². The molecule has 4 rings (SSSR count). The zero-order valence-corrected chi connectivity index (χ0v) is 26.1. The Morgan fingerprint density at radius 1 is 0.605 bits per heavy atom. The zero-order chi connectivity index (χ0) is 28.5. The maximum Gasteiger partial charge on any atom is 0.164 e. The van der Waals surface area contributed by atoms with Crippen molar-refractivity contribution in [2.75, 3.05) is 33.4 Å². The van der Waals surface area contributed by atoms with E-state index in [4.69, 9.17) is 37.9 Å². The summed E-state index contributed by atoms with van der Waals surface area (Å²) in [6, 6.07) is 0. The smallest absolute Gasteiger partial charge is 0.164 e. The van der Waals surface area contributed by atoms with Crippen molar-refractivity contribution < 1.29 is 37.9 Å². The standard InChI is InChI=1S/C30H54O8/c1-21-23(2,3)35-25(6,7)36-27(21,10)13-14-28(11)24(4,5)29(12,38-26(8,9)37-28)15-22-30(18-33-20-34-22)16-31-19-32-17-30/h21-22H,13-20H2,1-12H3. The van der Waals surface area contributed by atoms with Crippen LogP contribution >= 0.6 is 0 Å². The number of ether oxygens (including phenoxy) is 8. The lowest BCUT2D eigenvalue weighted by atomic mass is 9.58. The third-order valence-electron chi connectivity index (χ3n) is 10.6. The Bertz CT molecular complexity index is 854. The maximum absolute atomic E-state index is 6.85. The van der Waals surface area contributed by atoms with Crippen LogP contribution in [0.4, 0.5) is 0 Å². The molecular weight excluding hydrogens is 488 g/mol. The van der Waals surface area contributed by atoms with Gasteiger partial charge in [-0.05, 0) is 75.2 Å². The second-order valence-electron chi connectivity index (χ2n) is 14.9. The predicted octanol–water partition coefficient (Wildman–Crippen LogP) is 5.80. The molecule has 0 N–H and O–H groups in total. The molecule has 0 aromatic carbocycles. The van der Waals surface area contributed by atoms with E-state index in [2.05, 4.69) is 55.4 Å². The summed E-state index contributed by atoms with van der Waals surface area (Å²) in [5.41, 5.74) is -2.47. The van der Waals surface area contributed by atoms with Gasteiger partial charge in [-0.15, -0.1) is 0 Å². The van der Waals surface area contributed by atoms with Gasteiger partial charge >= 0.3 is 0 Å². The highest BCUT2D eigenvalue weighted by Crippen LogP contribution is 2.58. The van der Waals surface area contributed by atoms with Crippen molar-refractivity contribution in [3.8, 4) is 0 Å². The van der Waals surface area contributed by atoms with E-state index in [0.717, 1.165) is 12.8 Å². The second-order valence-corrected chi connectivity index (χ2v) is 14.9. The van der Waals surface area contributed by atoms with Crippen LogP contribution in [0.2, 0.25) is 0 Å². The molecular formula is C30H54O8. The van der Waals surface area contributed by atoms with Gasteiger partial charge in [-0.1, -0.05) is 20.8 Å². The largest absolute Gasteiger partial charge is 0.355 e. The molecule has 0 radical (unpaired) electrons. The number of rotatable bonds is 5. The summed E-state index contributed by atoms with van der Waals surface area (Å²) in [5, 5.41) is 0. The average molecular weight is 543 g/mol. The summed E-state index contributed by atoms with van der Waals surface area (Å²) in [5.74, 6) is -1.25. The lowest BCUT2D eigenvalue weighted by Crippen LogP contribution is -2.70. The van der Waals surface area contributed by atoms with Crippen molar-refractivity contribution in [1.29, 1.82) is 0 Å². The van der Waals surface area contributed by atoms with Gasteiger partial charge in [-0.3, -0.25) is 0 Å². The molecule has 4 aliphatic rings. The first-order valence-electron chi connectivity index (χ1n) is 14.4. The minimum absolute atomic E-state index is 0.128. The summed E-state index contributed by atoms with van der Waals surface area (Å²) >= 11 is 0. The Hall–Kier alpha value is -0.320. The van der Waals surface area contributed by atoms with E-state index >= 15 is 0 Å². The molecule has 4 aliphatic heterocycles.